The molecule has 5 heteroatoms. The summed E-state index contributed by atoms with van der Waals surface area (Å²) < 4.78 is 0. The lowest BCUT2D eigenvalue weighted by atomic mass is 10.1. The molecular weight excluding hydrogens is 254 g/mol. The van der Waals surface area contributed by atoms with Crippen molar-refractivity contribution in [2.24, 2.45) is 0 Å². The van der Waals surface area contributed by atoms with E-state index < -0.39 is 5.97 Å². The number of aryl methyl sites for hydroxylation is 2. The number of nitrogens with zero attached hydrogens (tertiary/aromatic N) is 3. The fourth-order valence-electron chi connectivity index (χ4n) is 2.81. The van der Waals surface area contributed by atoms with E-state index in [-0.39, 0.29) is 0 Å². The second-order valence-electron chi connectivity index (χ2n) is 5.41. The van der Waals surface area contributed by atoms with Crippen LogP contribution in [-0.2, 0) is 0 Å². The summed E-state index contributed by atoms with van der Waals surface area (Å²) in [6.45, 7) is 10.7. The summed E-state index contributed by atoms with van der Waals surface area (Å²) in [5, 5.41) is 9.43. The van der Waals surface area contributed by atoms with Crippen LogP contribution in [-0.4, -0.2) is 53.7 Å². The Morgan fingerprint density at radius 1 is 1.30 bits per heavy atom. The second-order valence-corrected chi connectivity index (χ2v) is 5.41. The highest BCUT2D eigenvalue weighted by Crippen LogP contribution is 2.23. The summed E-state index contributed by atoms with van der Waals surface area (Å²) in [7, 11) is 0. The van der Waals surface area contributed by atoms with Gasteiger partial charge < -0.3 is 10.0 Å². The van der Waals surface area contributed by atoms with Gasteiger partial charge in [0.2, 0.25) is 0 Å². The fourth-order valence-corrected chi connectivity index (χ4v) is 2.81. The molecule has 0 saturated carbocycles. The largest absolute Gasteiger partial charge is 0.478 e. The Morgan fingerprint density at radius 3 is 2.50 bits per heavy atom. The van der Waals surface area contributed by atoms with Gasteiger partial charge in [-0.25, -0.2) is 9.78 Å². The van der Waals surface area contributed by atoms with Crippen molar-refractivity contribution < 1.29 is 9.90 Å². The van der Waals surface area contributed by atoms with Crippen molar-refractivity contribution in [2.75, 3.05) is 37.6 Å². The van der Waals surface area contributed by atoms with Gasteiger partial charge in [-0.2, -0.15) is 0 Å². The third-order valence-corrected chi connectivity index (χ3v) is 3.75. The molecule has 1 saturated heterocycles. The molecule has 0 bridgehead atoms. The van der Waals surface area contributed by atoms with Crippen LogP contribution in [0.15, 0.2) is 6.07 Å². The molecule has 0 unspecified atom stereocenters. The first-order valence-electron chi connectivity index (χ1n) is 7.21. The molecule has 2 heterocycles. The second kappa shape index (κ2) is 6.22. The van der Waals surface area contributed by atoms with Crippen LogP contribution in [0.5, 0.6) is 0 Å². The third kappa shape index (κ3) is 3.10. The Kier molecular flexibility index (Phi) is 4.60. The first kappa shape index (κ1) is 14.8. The van der Waals surface area contributed by atoms with E-state index in [4.69, 9.17) is 0 Å². The van der Waals surface area contributed by atoms with Crippen LogP contribution >= 0.6 is 0 Å². The quantitative estimate of drug-likeness (QED) is 0.911. The molecule has 0 aliphatic carbocycles. The van der Waals surface area contributed by atoms with Crippen LogP contribution in [0.2, 0.25) is 0 Å². The number of carboxylic acid groups (broad SMARTS) is 1. The number of aromatic carboxylic acids is 1. The van der Waals surface area contributed by atoms with E-state index in [9.17, 15) is 9.90 Å². The minimum absolute atomic E-state index is 0.347. The van der Waals surface area contributed by atoms with Crippen molar-refractivity contribution in [1.29, 1.82) is 0 Å². The predicted molar refractivity (Wildman–Crippen MR) is 79.6 cm³/mol. The summed E-state index contributed by atoms with van der Waals surface area (Å²) >= 11 is 0. The smallest absolute Gasteiger partial charge is 0.339 e. The van der Waals surface area contributed by atoms with E-state index >= 15 is 0 Å². The van der Waals surface area contributed by atoms with Crippen LogP contribution < -0.4 is 4.90 Å². The van der Waals surface area contributed by atoms with Gasteiger partial charge in [0.05, 0.1) is 0 Å². The Balaban J connectivity index is 2.23. The van der Waals surface area contributed by atoms with Crippen molar-refractivity contribution in [1.82, 2.24) is 9.88 Å². The minimum atomic E-state index is -0.888. The number of rotatable bonds is 4. The van der Waals surface area contributed by atoms with E-state index in [1.807, 2.05) is 19.9 Å². The van der Waals surface area contributed by atoms with Crippen molar-refractivity contribution in [3.63, 3.8) is 0 Å². The van der Waals surface area contributed by atoms with Crippen molar-refractivity contribution in [3.05, 3.63) is 22.9 Å². The number of hydrogen-bond donors (Lipinski definition) is 1. The highest BCUT2D eigenvalue weighted by Gasteiger charge is 2.24. The number of aromatic nitrogens is 1. The molecule has 0 radical (unpaired) electrons. The maximum atomic E-state index is 11.5. The molecular formula is C15H23N3O2. The van der Waals surface area contributed by atoms with E-state index in [1.54, 1.807) is 0 Å². The van der Waals surface area contributed by atoms with Gasteiger partial charge in [0.1, 0.15) is 11.4 Å². The molecule has 1 aliphatic rings. The highest BCUT2D eigenvalue weighted by molar-refractivity contribution is 5.95. The molecule has 1 aliphatic heterocycles. The minimum Gasteiger partial charge on any atom is -0.478 e. The number of hydrogen-bond acceptors (Lipinski definition) is 4. The maximum Gasteiger partial charge on any atom is 0.339 e. The highest BCUT2D eigenvalue weighted by atomic mass is 16.4. The molecule has 20 heavy (non-hydrogen) atoms. The third-order valence-electron chi connectivity index (χ3n) is 3.75. The standard InChI is InChI=1S/C15H23N3O2/c1-4-5-17-6-8-18(9-7-17)14-13(15(19)20)11(2)10-12(3)16-14/h10H,4-9H2,1-3H3,(H,19,20). The van der Waals surface area contributed by atoms with E-state index in [0.717, 1.165) is 50.4 Å². The fraction of sp³-hybridized carbons (Fsp3) is 0.600. The zero-order valence-corrected chi connectivity index (χ0v) is 12.5. The maximum absolute atomic E-state index is 11.5. The van der Waals surface area contributed by atoms with Gasteiger partial charge in [-0.15, -0.1) is 0 Å². The average molecular weight is 277 g/mol. The first-order valence-corrected chi connectivity index (χ1v) is 7.21. The SMILES string of the molecule is CCCN1CCN(c2nc(C)cc(C)c2C(=O)O)CC1. The molecule has 5 nitrogen and oxygen atoms in total. The molecule has 1 fully saturated rings. The molecule has 0 spiro atoms. The van der Waals surface area contributed by atoms with Gasteiger partial charge in [0, 0.05) is 31.9 Å². The summed E-state index contributed by atoms with van der Waals surface area (Å²) in [5.74, 6) is -0.257. The number of carbonyl (C=O) groups is 1. The molecule has 2 rings (SSSR count). The Hall–Kier alpha value is -1.62. The average Bonchev–Trinajstić information content (AvgIpc) is 2.38. The van der Waals surface area contributed by atoms with Gasteiger partial charge >= 0.3 is 5.97 Å². The normalized spacial score (nSPS) is 16.4. The van der Waals surface area contributed by atoms with Crippen LogP contribution in [0.1, 0.15) is 35.0 Å². The first-order chi connectivity index (χ1) is 9.52. The Labute approximate surface area is 120 Å². The lowest BCUT2D eigenvalue weighted by molar-refractivity contribution is 0.0696. The molecule has 0 aromatic carbocycles. The zero-order chi connectivity index (χ0) is 14.7. The molecule has 0 amide bonds. The number of pyridine rings is 1. The van der Waals surface area contributed by atoms with Gasteiger partial charge in [0.25, 0.3) is 0 Å². The lowest BCUT2D eigenvalue weighted by Gasteiger charge is -2.36. The van der Waals surface area contributed by atoms with Crippen LogP contribution in [0, 0.1) is 13.8 Å². The summed E-state index contributed by atoms with van der Waals surface area (Å²) in [6, 6.07) is 1.83. The predicted octanol–water partition coefficient (Wildman–Crippen LogP) is 1.93. The van der Waals surface area contributed by atoms with Crippen LogP contribution in [0.25, 0.3) is 0 Å². The summed E-state index contributed by atoms with van der Waals surface area (Å²) in [4.78, 5) is 20.5. The van der Waals surface area contributed by atoms with Crippen LogP contribution in [0.4, 0.5) is 5.82 Å². The lowest BCUT2D eigenvalue weighted by Crippen LogP contribution is -2.47. The zero-order valence-electron chi connectivity index (χ0n) is 12.5. The van der Waals surface area contributed by atoms with Gasteiger partial charge in [-0.05, 0) is 38.4 Å². The van der Waals surface area contributed by atoms with Gasteiger partial charge in [-0.1, -0.05) is 6.92 Å². The number of anilines is 1. The summed E-state index contributed by atoms with van der Waals surface area (Å²) in [5.41, 5.74) is 2.01. The van der Waals surface area contributed by atoms with E-state index in [0.29, 0.717) is 11.4 Å². The molecule has 1 aromatic rings. The molecule has 1 aromatic heterocycles. The van der Waals surface area contributed by atoms with Gasteiger partial charge in [0.15, 0.2) is 0 Å². The van der Waals surface area contributed by atoms with Crippen LogP contribution in [0.3, 0.4) is 0 Å². The van der Waals surface area contributed by atoms with Crippen molar-refractivity contribution in [3.8, 4) is 0 Å². The van der Waals surface area contributed by atoms with E-state index in [1.165, 1.54) is 0 Å². The topological polar surface area (TPSA) is 56.7 Å². The van der Waals surface area contributed by atoms with Crippen molar-refractivity contribution >= 4 is 11.8 Å². The van der Waals surface area contributed by atoms with E-state index in [2.05, 4.69) is 21.7 Å². The Morgan fingerprint density at radius 2 is 1.95 bits per heavy atom. The van der Waals surface area contributed by atoms with Crippen molar-refractivity contribution in [2.45, 2.75) is 27.2 Å². The number of carboxylic acids is 1. The van der Waals surface area contributed by atoms with Gasteiger partial charge in [-0.3, -0.25) is 4.90 Å². The molecule has 110 valence electrons. The molecule has 1 N–H and O–H groups in total. The Bertz CT molecular complexity index is 494. The summed E-state index contributed by atoms with van der Waals surface area (Å²) in [6.07, 6.45) is 1.15. The molecule has 0 atom stereocenters. The monoisotopic (exact) mass is 277 g/mol. The number of piperazine rings is 1.